The summed E-state index contributed by atoms with van der Waals surface area (Å²) in [5.41, 5.74) is 1.74. The van der Waals surface area contributed by atoms with Crippen molar-refractivity contribution >= 4 is 27.5 Å². The predicted octanol–water partition coefficient (Wildman–Crippen LogP) is 3.88. The minimum absolute atomic E-state index is 0.0185. The number of hydrogen-bond donors (Lipinski definition) is 1. The van der Waals surface area contributed by atoms with Crippen molar-refractivity contribution in [1.29, 1.82) is 0 Å². The Bertz CT molecular complexity index is 834. The van der Waals surface area contributed by atoms with Crippen LogP contribution in [0.1, 0.15) is 18.1 Å². The number of methoxy groups -OCH3 is 3. The molecule has 0 bridgehead atoms. The van der Waals surface area contributed by atoms with Gasteiger partial charge in [0.1, 0.15) is 0 Å². The van der Waals surface area contributed by atoms with Gasteiger partial charge >= 0.3 is 0 Å². The molecule has 1 unspecified atom stereocenters. The molecule has 1 aliphatic heterocycles. The number of morpholine rings is 1. The second-order valence-corrected chi connectivity index (χ2v) is 7.84. The number of carbonyl (C=O) groups is 1. The van der Waals surface area contributed by atoms with Crippen molar-refractivity contribution in [3.63, 3.8) is 0 Å². The Balaban J connectivity index is 1.56. The lowest BCUT2D eigenvalue weighted by molar-refractivity contribution is -0.117. The number of nitrogens with one attached hydrogen (secondary N) is 1. The van der Waals surface area contributed by atoms with Gasteiger partial charge in [0.15, 0.2) is 11.5 Å². The van der Waals surface area contributed by atoms with E-state index < -0.39 is 0 Å². The van der Waals surface area contributed by atoms with Crippen LogP contribution in [0.2, 0.25) is 0 Å². The van der Waals surface area contributed by atoms with E-state index in [1.54, 1.807) is 33.5 Å². The van der Waals surface area contributed by atoms with E-state index >= 15 is 0 Å². The fourth-order valence-corrected chi connectivity index (χ4v) is 3.69. The number of ether oxygens (including phenoxy) is 4. The van der Waals surface area contributed by atoms with Gasteiger partial charge in [0.05, 0.1) is 34.0 Å². The monoisotopic (exact) mass is 478 g/mol. The van der Waals surface area contributed by atoms with E-state index in [0.29, 0.717) is 42.5 Å². The van der Waals surface area contributed by atoms with Crippen molar-refractivity contribution < 1.29 is 23.7 Å². The summed E-state index contributed by atoms with van der Waals surface area (Å²) >= 11 is 3.46. The number of amides is 1. The first-order chi connectivity index (χ1) is 14.5. The molecule has 30 heavy (non-hydrogen) atoms. The molecule has 1 N–H and O–H groups in total. The molecule has 0 aliphatic carbocycles. The van der Waals surface area contributed by atoms with E-state index in [1.807, 2.05) is 12.1 Å². The molecule has 2 aromatic rings. The number of hydrogen-bond acceptors (Lipinski definition) is 6. The molecule has 1 fully saturated rings. The third kappa shape index (κ3) is 5.65. The maximum absolute atomic E-state index is 12.5. The van der Waals surface area contributed by atoms with Crippen LogP contribution in [-0.2, 0) is 9.53 Å². The van der Waals surface area contributed by atoms with Crippen LogP contribution in [0.5, 0.6) is 17.2 Å². The van der Waals surface area contributed by atoms with Gasteiger partial charge in [0, 0.05) is 48.3 Å². The minimum Gasteiger partial charge on any atom is -0.493 e. The molecule has 1 aliphatic rings. The molecule has 1 saturated heterocycles. The fourth-order valence-electron chi connectivity index (χ4n) is 3.42. The highest BCUT2D eigenvalue weighted by Gasteiger charge is 2.22. The summed E-state index contributed by atoms with van der Waals surface area (Å²) in [5.74, 6) is 1.41. The largest absolute Gasteiger partial charge is 0.493 e. The third-order valence-electron chi connectivity index (χ3n) is 5.00. The molecule has 162 valence electrons. The quantitative estimate of drug-likeness (QED) is 0.620. The number of rotatable bonds is 8. The van der Waals surface area contributed by atoms with Crippen LogP contribution in [-0.4, -0.2) is 58.4 Å². The van der Waals surface area contributed by atoms with Gasteiger partial charge in [-0.25, -0.2) is 0 Å². The van der Waals surface area contributed by atoms with E-state index in [2.05, 4.69) is 38.3 Å². The smallest absolute Gasteiger partial charge is 0.225 e. The zero-order valence-electron chi connectivity index (χ0n) is 17.4. The van der Waals surface area contributed by atoms with Crippen molar-refractivity contribution in [1.82, 2.24) is 4.90 Å². The molecule has 0 aromatic heterocycles. The zero-order chi connectivity index (χ0) is 21.5. The fraction of sp³-hybridized carbons (Fsp3) is 0.409. The van der Waals surface area contributed by atoms with Crippen molar-refractivity contribution in [3.8, 4) is 17.2 Å². The Labute approximate surface area is 185 Å². The molecule has 7 nitrogen and oxygen atoms in total. The Hall–Kier alpha value is -2.29. The maximum atomic E-state index is 12.5. The van der Waals surface area contributed by atoms with Gasteiger partial charge < -0.3 is 24.3 Å². The van der Waals surface area contributed by atoms with E-state index in [1.165, 1.54) is 0 Å². The number of benzene rings is 2. The lowest BCUT2D eigenvalue weighted by Gasteiger charge is -2.33. The molecular formula is C22H27BrN2O5. The average Bonchev–Trinajstić information content (AvgIpc) is 2.77. The molecule has 8 heteroatoms. The molecule has 1 amide bonds. The van der Waals surface area contributed by atoms with Crippen molar-refractivity contribution in [2.24, 2.45) is 0 Å². The average molecular weight is 479 g/mol. The van der Waals surface area contributed by atoms with Gasteiger partial charge in [-0.1, -0.05) is 28.1 Å². The summed E-state index contributed by atoms with van der Waals surface area (Å²) in [6, 6.07) is 11.6. The first kappa shape index (κ1) is 22.4. The normalized spacial score (nSPS) is 16.7. The molecule has 0 spiro atoms. The van der Waals surface area contributed by atoms with Gasteiger partial charge in [0.2, 0.25) is 11.7 Å². The van der Waals surface area contributed by atoms with Gasteiger partial charge in [-0.3, -0.25) is 9.69 Å². The third-order valence-corrected chi connectivity index (χ3v) is 5.52. The van der Waals surface area contributed by atoms with Crippen LogP contribution < -0.4 is 19.5 Å². The highest BCUT2D eigenvalue weighted by atomic mass is 79.9. The van der Waals surface area contributed by atoms with E-state index in [-0.39, 0.29) is 12.0 Å². The second-order valence-electron chi connectivity index (χ2n) is 6.92. The standard InChI is InChI=1S/C22H27BrN2O5/c1-27-18-12-17(13-19(28-2)22(18)29-3)24-21(26)8-9-25-10-11-30-20(14-25)15-4-6-16(23)7-5-15/h4-7,12-13,20H,8-11,14H2,1-3H3,(H,24,26). The number of anilines is 1. The summed E-state index contributed by atoms with van der Waals surface area (Å²) in [6.45, 7) is 2.88. The summed E-state index contributed by atoms with van der Waals surface area (Å²) in [7, 11) is 4.63. The van der Waals surface area contributed by atoms with Crippen LogP contribution in [0.15, 0.2) is 40.9 Å². The van der Waals surface area contributed by atoms with Crippen molar-refractivity contribution in [2.45, 2.75) is 12.5 Å². The number of nitrogens with zero attached hydrogens (tertiary/aromatic N) is 1. The number of carbonyl (C=O) groups excluding carboxylic acids is 1. The molecule has 3 rings (SSSR count). The summed E-state index contributed by atoms with van der Waals surface area (Å²) in [5, 5.41) is 2.91. The Kier molecular flexibility index (Phi) is 7.95. The molecule has 1 heterocycles. The molecular weight excluding hydrogens is 452 g/mol. The summed E-state index contributed by atoms with van der Waals surface area (Å²) in [6.07, 6.45) is 0.397. The maximum Gasteiger partial charge on any atom is 0.225 e. The van der Waals surface area contributed by atoms with Crippen LogP contribution in [0.4, 0.5) is 5.69 Å². The van der Waals surface area contributed by atoms with Crippen LogP contribution in [0.3, 0.4) is 0 Å². The summed E-state index contributed by atoms with van der Waals surface area (Å²) in [4.78, 5) is 14.8. The van der Waals surface area contributed by atoms with E-state index in [4.69, 9.17) is 18.9 Å². The van der Waals surface area contributed by atoms with Crippen molar-refractivity contribution in [3.05, 3.63) is 46.4 Å². The van der Waals surface area contributed by atoms with Crippen LogP contribution in [0, 0.1) is 0 Å². The van der Waals surface area contributed by atoms with E-state index in [0.717, 1.165) is 23.1 Å². The Morgan fingerprint density at radius 3 is 2.40 bits per heavy atom. The SMILES string of the molecule is COc1cc(NC(=O)CCN2CCOC(c3ccc(Br)cc3)C2)cc(OC)c1OC. The Morgan fingerprint density at radius 2 is 1.80 bits per heavy atom. The zero-order valence-corrected chi connectivity index (χ0v) is 19.0. The Morgan fingerprint density at radius 1 is 1.13 bits per heavy atom. The summed E-state index contributed by atoms with van der Waals surface area (Å²) < 4.78 is 22.9. The first-order valence-corrected chi connectivity index (χ1v) is 10.5. The predicted molar refractivity (Wildman–Crippen MR) is 119 cm³/mol. The molecule has 1 atom stereocenters. The van der Waals surface area contributed by atoms with E-state index in [9.17, 15) is 4.79 Å². The first-order valence-electron chi connectivity index (χ1n) is 9.73. The topological polar surface area (TPSA) is 69.3 Å². The van der Waals surface area contributed by atoms with Gasteiger partial charge in [-0.05, 0) is 17.7 Å². The van der Waals surface area contributed by atoms with Crippen LogP contribution >= 0.6 is 15.9 Å². The molecule has 0 radical (unpaired) electrons. The van der Waals surface area contributed by atoms with Gasteiger partial charge in [-0.2, -0.15) is 0 Å². The highest BCUT2D eigenvalue weighted by molar-refractivity contribution is 9.10. The lowest BCUT2D eigenvalue weighted by atomic mass is 10.1. The number of halogens is 1. The lowest BCUT2D eigenvalue weighted by Crippen LogP contribution is -2.39. The van der Waals surface area contributed by atoms with Crippen LogP contribution in [0.25, 0.3) is 0 Å². The second kappa shape index (κ2) is 10.7. The van der Waals surface area contributed by atoms with Crippen molar-refractivity contribution in [2.75, 3.05) is 52.9 Å². The minimum atomic E-state index is -0.0732. The molecule has 2 aromatic carbocycles. The van der Waals surface area contributed by atoms with Gasteiger partial charge in [0.25, 0.3) is 0 Å². The van der Waals surface area contributed by atoms with Gasteiger partial charge in [-0.15, -0.1) is 0 Å². The highest BCUT2D eigenvalue weighted by Crippen LogP contribution is 2.39. The molecule has 0 saturated carbocycles.